The molecular formula is C16H16N2O5S2. The summed E-state index contributed by atoms with van der Waals surface area (Å²) in [7, 11) is -3.86. The summed E-state index contributed by atoms with van der Waals surface area (Å²) < 4.78 is 22.6. The fourth-order valence-electron chi connectivity index (χ4n) is 3.02. The summed E-state index contributed by atoms with van der Waals surface area (Å²) in [5, 5.41) is 16.0. The number of carbonyl (C=O) groups is 2. The van der Waals surface area contributed by atoms with Gasteiger partial charge in [0.15, 0.2) is 0 Å². The van der Waals surface area contributed by atoms with Crippen molar-refractivity contribution in [2.24, 2.45) is 11.1 Å². The largest absolute Gasteiger partial charge is 0.481 e. The van der Waals surface area contributed by atoms with Gasteiger partial charge in [-0.25, -0.2) is 13.6 Å². The monoisotopic (exact) mass is 380 g/mol. The van der Waals surface area contributed by atoms with E-state index in [1.54, 1.807) is 0 Å². The fraction of sp³-hybridized carbons (Fsp3) is 0.250. The lowest BCUT2D eigenvalue weighted by Gasteiger charge is -2.15. The zero-order valence-corrected chi connectivity index (χ0v) is 14.7. The number of hydrogen-bond donors (Lipinski definition) is 2. The molecule has 0 bridgehead atoms. The SMILES string of the molecule is NS(=O)(=O)c1cc(C(=O)N2CC(C(=O)O)C(c3ccccc3)C2)cs1. The second-order valence-electron chi connectivity index (χ2n) is 5.87. The summed E-state index contributed by atoms with van der Waals surface area (Å²) >= 11 is 0.871. The number of primary sulfonamides is 1. The number of thiophene rings is 1. The average Bonchev–Trinajstić information content (AvgIpc) is 3.22. The molecule has 2 atom stereocenters. The first-order chi connectivity index (χ1) is 11.8. The Morgan fingerprint density at radius 1 is 1.20 bits per heavy atom. The molecule has 1 aliphatic heterocycles. The number of aliphatic carboxylic acids is 1. The van der Waals surface area contributed by atoms with E-state index in [4.69, 9.17) is 5.14 Å². The number of carbonyl (C=O) groups excluding carboxylic acids is 1. The topological polar surface area (TPSA) is 118 Å². The van der Waals surface area contributed by atoms with Crippen molar-refractivity contribution >= 4 is 33.2 Å². The number of carboxylic acid groups (broad SMARTS) is 1. The van der Waals surface area contributed by atoms with Crippen LogP contribution >= 0.6 is 11.3 Å². The van der Waals surface area contributed by atoms with Gasteiger partial charge >= 0.3 is 5.97 Å². The molecule has 1 fully saturated rings. The lowest BCUT2D eigenvalue weighted by Crippen LogP contribution is -2.29. The van der Waals surface area contributed by atoms with Gasteiger partial charge in [0.1, 0.15) is 4.21 Å². The predicted molar refractivity (Wildman–Crippen MR) is 91.9 cm³/mol. The number of nitrogens with two attached hydrogens (primary N) is 1. The van der Waals surface area contributed by atoms with E-state index in [0.717, 1.165) is 16.9 Å². The molecule has 1 aromatic carbocycles. The lowest BCUT2D eigenvalue weighted by molar-refractivity contribution is -0.141. The van der Waals surface area contributed by atoms with Crippen LogP contribution in [-0.4, -0.2) is 43.4 Å². The molecule has 0 aliphatic carbocycles. The third-order valence-electron chi connectivity index (χ3n) is 4.25. The fourth-order valence-corrected chi connectivity index (χ4v) is 4.60. The standard InChI is InChI=1S/C16H16N2O5S2/c17-25(22,23)14-6-11(9-24-14)15(19)18-7-12(13(8-18)16(20)21)10-4-2-1-3-5-10/h1-6,9,12-13H,7-8H2,(H,20,21)(H2,17,22,23). The number of likely N-dealkylation sites (tertiary alicyclic amines) is 1. The van der Waals surface area contributed by atoms with Crippen LogP contribution in [-0.2, 0) is 14.8 Å². The van der Waals surface area contributed by atoms with Gasteiger partial charge in [-0.1, -0.05) is 30.3 Å². The molecule has 0 radical (unpaired) electrons. The molecular weight excluding hydrogens is 364 g/mol. The molecule has 1 aromatic heterocycles. The number of hydrogen-bond acceptors (Lipinski definition) is 5. The Balaban J connectivity index is 1.85. The number of benzene rings is 1. The van der Waals surface area contributed by atoms with Gasteiger partial charge in [-0.15, -0.1) is 11.3 Å². The highest BCUT2D eigenvalue weighted by Gasteiger charge is 2.40. The zero-order chi connectivity index (χ0) is 18.2. The third-order valence-corrected chi connectivity index (χ3v) is 6.64. The first kappa shape index (κ1) is 17.6. The van der Waals surface area contributed by atoms with E-state index in [9.17, 15) is 23.1 Å². The number of rotatable bonds is 4. The molecule has 2 unspecified atom stereocenters. The quantitative estimate of drug-likeness (QED) is 0.830. The molecule has 2 aromatic rings. The van der Waals surface area contributed by atoms with Crippen LogP contribution in [0.5, 0.6) is 0 Å². The molecule has 7 nitrogen and oxygen atoms in total. The van der Waals surface area contributed by atoms with Crippen molar-refractivity contribution in [2.45, 2.75) is 10.1 Å². The molecule has 3 rings (SSSR count). The minimum absolute atomic E-state index is 0.0777. The van der Waals surface area contributed by atoms with Gasteiger partial charge in [0.05, 0.1) is 11.5 Å². The molecule has 1 amide bonds. The number of amides is 1. The van der Waals surface area contributed by atoms with Gasteiger partial charge in [-0.3, -0.25) is 9.59 Å². The van der Waals surface area contributed by atoms with Crippen molar-refractivity contribution in [2.75, 3.05) is 13.1 Å². The van der Waals surface area contributed by atoms with Crippen molar-refractivity contribution < 1.29 is 23.1 Å². The third kappa shape index (κ3) is 3.58. The Bertz CT molecular complexity index is 908. The minimum Gasteiger partial charge on any atom is -0.481 e. The summed E-state index contributed by atoms with van der Waals surface area (Å²) in [6.07, 6.45) is 0. The molecule has 2 heterocycles. The van der Waals surface area contributed by atoms with E-state index in [1.807, 2.05) is 30.3 Å². The average molecular weight is 380 g/mol. The van der Waals surface area contributed by atoms with Gasteiger partial charge in [-0.05, 0) is 11.6 Å². The van der Waals surface area contributed by atoms with E-state index in [1.165, 1.54) is 16.3 Å². The summed E-state index contributed by atoms with van der Waals surface area (Å²) in [4.78, 5) is 25.7. The van der Waals surface area contributed by atoms with Crippen molar-refractivity contribution in [3.05, 3.63) is 52.9 Å². The molecule has 132 valence electrons. The highest BCUT2D eigenvalue weighted by atomic mass is 32.2. The molecule has 9 heteroatoms. The van der Waals surface area contributed by atoms with Gasteiger partial charge in [0.25, 0.3) is 5.91 Å². The normalized spacial score (nSPS) is 20.6. The van der Waals surface area contributed by atoms with Gasteiger partial charge < -0.3 is 10.0 Å². The second-order valence-corrected chi connectivity index (χ2v) is 8.57. The predicted octanol–water partition coefficient (Wildman–Crippen LogP) is 1.34. The van der Waals surface area contributed by atoms with Crippen LogP contribution in [0.25, 0.3) is 0 Å². The molecule has 0 spiro atoms. The van der Waals surface area contributed by atoms with E-state index in [2.05, 4.69) is 0 Å². The highest BCUT2D eigenvalue weighted by molar-refractivity contribution is 7.91. The number of carboxylic acids is 1. The highest BCUT2D eigenvalue weighted by Crippen LogP contribution is 2.34. The van der Waals surface area contributed by atoms with Crippen LogP contribution in [0.4, 0.5) is 0 Å². The zero-order valence-electron chi connectivity index (χ0n) is 13.0. The smallest absolute Gasteiger partial charge is 0.308 e. The van der Waals surface area contributed by atoms with Crippen molar-refractivity contribution in [1.82, 2.24) is 4.90 Å². The maximum absolute atomic E-state index is 12.6. The first-order valence-corrected chi connectivity index (χ1v) is 9.88. The Labute approximate surface area is 148 Å². The summed E-state index contributed by atoms with van der Waals surface area (Å²) in [5.41, 5.74) is 1.06. The maximum Gasteiger partial charge on any atom is 0.308 e. The van der Waals surface area contributed by atoms with Gasteiger partial charge in [0, 0.05) is 24.4 Å². The molecule has 1 aliphatic rings. The van der Waals surface area contributed by atoms with Crippen LogP contribution in [0, 0.1) is 5.92 Å². The van der Waals surface area contributed by atoms with Crippen LogP contribution in [0.15, 0.2) is 46.0 Å². The van der Waals surface area contributed by atoms with E-state index < -0.39 is 27.8 Å². The van der Waals surface area contributed by atoms with Gasteiger partial charge in [-0.2, -0.15) is 0 Å². The number of nitrogens with zero attached hydrogens (tertiary/aromatic N) is 1. The van der Waals surface area contributed by atoms with Crippen molar-refractivity contribution in [3.63, 3.8) is 0 Å². The number of sulfonamides is 1. The van der Waals surface area contributed by atoms with Crippen molar-refractivity contribution in [3.8, 4) is 0 Å². The van der Waals surface area contributed by atoms with E-state index in [0.29, 0.717) is 0 Å². The van der Waals surface area contributed by atoms with Gasteiger partial charge in [0.2, 0.25) is 10.0 Å². The second kappa shape index (κ2) is 6.58. The van der Waals surface area contributed by atoms with E-state index >= 15 is 0 Å². The van der Waals surface area contributed by atoms with E-state index in [-0.39, 0.29) is 28.8 Å². The van der Waals surface area contributed by atoms with Crippen LogP contribution < -0.4 is 5.14 Å². The van der Waals surface area contributed by atoms with Crippen LogP contribution in [0.3, 0.4) is 0 Å². The van der Waals surface area contributed by atoms with Crippen LogP contribution in [0.1, 0.15) is 21.8 Å². The Hall–Kier alpha value is -2.23. The Morgan fingerprint density at radius 2 is 1.88 bits per heavy atom. The molecule has 25 heavy (non-hydrogen) atoms. The summed E-state index contributed by atoms with van der Waals surface area (Å²) in [6, 6.07) is 10.4. The minimum atomic E-state index is -3.86. The Morgan fingerprint density at radius 3 is 2.44 bits per heavy atom. The Kier molecular flexibility index (Phi) is 4.63. The summed E-state index contributed by atoms with van der Waals surface area (Å²) in [5.74, 6) is -2.36. The van der Waals surface area contributed by atoms with Crippen LogP contribution in [0.2, 0.25) is 0 Å². The first-order valence-electron chi connectivity index (χ1n) is 7.45. The summed E-state index contributed by atoms with van der Waals surface area (Å²) in [6.45, 7) is 0.342. The molecule has 3 N–H and O–H groups in total. The van der Waals surface area contributed by atoms with Crippen molar-refractivity contribution in [1.29, 1.82) is 0 Å². The molecule has 1 saturated heterocycles. The molecule has 0 saturated carbocycles. The lowest BCUT2D eigenvalue weighted by atomic mass is 9.89. The maximum atomic E-state index is 12.6.